The molecule has 0 bridgehead atoms. The highest BCUT2D eigenvalue weighted by Gasteiger charge is 2.06. The van der Waals surface area contributed by atoms with Gasteiger partial charge in [0.25, 0.3) is 5.91 Å². The van der Waals surface area contributed by atoms with Gasteiger partial charge in [0, 0.05) is 36.6 Å². The van der Waals surface area contributed by atoms with Gasteiger partial charge in [0.2, 0.25) is 0 Å². The van der Waals surface area contributed by atoms with Crippen molar-refractivity contribution in [1.29, 1.82) is 0 Å². The van der Waals surface area contributed by atoms with Crippen LogP contribution in [0.5, 0.6) is 0 Å². The first-order valence-electron chi connectivity index (χ1n) is 8.08. The third-order valence-electron chi connectivity index (χ3n) is 3.70. The minimum absolute atomic E-state index is 0.0967. The number of aromatic nitrogens is 3. The van der Waals surface area contributed by atoms with Crippen LogP contribution in [0.2, 0.25) is 0 Å². The van der Waals surface area contributed by atoms with Gasteiger partial charge in [-0.3, -0.25) is 9.36 Å². The smallest absolute Gasteiger partial charge is 0.252 e. The van der Waals surface area contributed by atoms with Crippen molar-refractivity contribution in [2.24, 2.45) is 0 Å². The Balaban J connectivity index is 1.41. The number of nitrogens with one attached hydrogen (secondary N) is 1. The van der Waals surface area contributed by atoms with Crippen molar-refractivity contribution in [3.8, 4) is 5.82 Å². The van der Waals surface area contributed by atoms with Gasteiger partial charge in [-0.05, 0) is 24.6 Å². The fourth-order valence-electron chi connectivity index (χ4n) is 2.28. The third kappa shape index (κ3) is 4.93. The van der Waals surface area contributed by atoms with Gasteiger partial charge in [0.05, 0.1) is 5.56 Å². The van der Waals surface area contributed by atoms with Gasteiger partial charge in [0.15, 0.2) is 0 Å². The molecule has 2 heterocycles. The van der Waals surface area contributed by atoms with E-state index in [1.165, 1.54) is 11.1 Å². The predicted molar refractivity (Wildman–Crippen MR) is 101 cm³/mol. The Morgan fingerprint density at radius 1 is 1.20 bits per heavy atom. The molecule has 0 aliphatic carbocycles. The summed E-state index contributed by atoms with van der Waals surface area (Å²) in [5.74, 6) is 2.47. The van der Waals surface area contributed by atoms with Crippen LogP contribution in [-0.2, 0) is 5.75 Å². The normalized spacial score (nSPS) is 10.6. The monoisotopic (exact) mass is 352 g/mol. The van der Waals surface area contributed by atoms with Gasteiger partial charge in [-0.2, -0.15) is 11.8 Å². The number of aryl methyl sites for hydroxylation is 1. The molecule has 3 aromatic rings. The summed E-state index contributed by atoms with van der Waals surface area (Å²) in [5, 5.41) is 2.93. The summed E-state index contributed by atoms with van der Waals surface area (Å²) in [6.45, 7) is 2.72. The molecule has 0 saturated carbocycles. The van der Waals surface area contributed by atoms with E-state index >= 15 is 0 Å². The number of amides is 1. The van der Waals surface area contributed by atoms with Gasteiger partial charge in [-0.15, -0.1) is 0 Å². The zero-order chi connectivity index (χ0) is 17.5. The molecule has 1 amide bonds. The lowest BCUT2D eigenvalue weighted by Crippen LogP contribution is -2.25. The molecule has 2 aromatic heterocycles. The maximum absolute atomic E-state index is 12.1. The lowest BCUT2D eigenvalue weighted by molar-refractivity contribution is 0.0956. The molecule has 0 saturated heterocycles. The molecule has 0 atom stereocenters. The van der Waals surface area contributed by atoms with Crippen molar-refractivity contribution in [2.75, 3.05) is 12.3 Å². The summed E-state index contributed by atoms with van der Waals surface area (Å²) in [4.78, 5) is 20.4. The number of thioether (sulfide) groups is 1. The topological polar surface area (TPSA) is 59.8 Å². The molecule has 1 aromatic carbocycles. The molecule has 0 spiro atoms. The number of benzene rings is 1. The average molecular weight is 352 g/mol. The zero-order valence-electron chi connectivity index (χ0n) is 14.1. The lowest BCUT2D eigenvalue weighted by Gasteiger charge is -2.06. The molecule has 0 radical (unpaired) electrons. The molecule has 0 aliphatic rings. The molecule has 0 aliphatic heterocycles. The van der Waals surface area contributed by atoms with Crippen molar-refractivity contribution in [2.45, 2.75) is 12.7 Å². The van der Waals surface area contributed by atoms with E-state index in [-0.39, 0.29) is 5.91 Å². The van der Waals surface area contributed by atoms with Crippen molar-refractivity contribution in [3.05, 3.63) is 78.0 Å². The summed E-state index contributed by atoms with van der Waals surface area (Å²) in [7, 11) is 0. The average Bonchev–Trinajstić information content (AvgIpc) is 3.18. The molecule has 25 heavy (non-hydrogen) atoms. The molecular formula is C19H20N4OS. The second-order valence-electron chi connectivity index (χ2n) is 5.67. The number of rotatable bonds is 7. The Morgan fingerprint density at radius 3 is 2.72 bits per heavy atom. The van der Waals surface area contributed by atoms with E-state index in [1.807, 2.05) is 24.0 Å². The van der Waals surface area contributed by atoms with Gasteiger partial charge in [0.1, 0.15) is 12.1 Å². The summed E-state index contributed by atoms with van der Waals surface area (Å²) >= 11 is 1.81. The van der Waals surface area contributed by atoms with Crippen LogP contribution in [0, 0.1) is 6.92 Å². The number of nitrogens with zero attached hydrogens (tertiary/aromatic N) is 3. The zero-order valence-corrected chi connectivity index (χ0v) is 14.9. The maximum Gasteiger partial charge on any atom is 0.252 e. The highest BCUT2D eigenvalue weighted by molar-refractivity contribution is 7.98. The molecule has 6 heteroatoms. The van der Waals surface area contributed by atoms with E-state index in [9.17, 15) is 4.79 Å². The number of pyridine rings is 1. The Morgan fingerprint density at radius 2 is 2.04 bits per heavy atom. The van der Waals surface area contributed by atoms with E-state index in [0.29, 0.717) is 12.1 Å². The van der Waals surface area contributed by atoms with Gasteiger partial charge >= 0.3 is 0 Å². The van der Waals surface area contributed by atoms with E-state index in [4.69, 9.17) is 0 Å². The second kappa shape index (κ2) is 8.48. The molecule has 1 N–H and O–H groups in total. The van der Waals surface area contributed by atoms with Crippen LogP contribution in [0.15, 0.2) is 61.3 Å². The first kappa shape index (κ1) is 17.2. The summed E-state index contributed by atoms with van der Waals surface area (Å²) in [5.41, 5.74) is 3.14. The van der Waals surface area contributed by atoms with E-state index in [1.54, 1.807) is 29.4 Å². The standard InChI is InChI=1S/C19H20N4OS/c1-15-2-4-16(5-3-15)13-25-11-9-21-19(24)17-6-7-18(22-12-17)23-10-8-20-14-23/h2-8,10,12,14H,9,11,13H2,1H3,(H,21,24). The second-order valence-corrected chi connectivity index (χ2v) is 6.77. The third-order valence-corrected chi connectivity index (χ3v) is 4.73. The van der Waals surface area contributed by atoms with Crippen molar-refractivity contribution >= 4 is 17.7 Å². The van der Waals surface area contributed by atoms with Crippen molar-refractivity contribution < 1.29 is 4.79 Å². The van der Waals surface area contributed by atoms with Gasteiger partial charge < -0.3 is 5.32 Å². The van der Waals surface area contributed by atoms with E-state index in [2.05, 4.69) is 46.5 Å². The SMILES string of the molecule is Cc1ccc(CSCCNC(=O)c2ccc(-n3ccnc3)nc2)cc1. The van der Waals surface area contributed by atoms with E-state index < -0.39 is 0 Å². The van der Waals surface area contributed by atoms with Gasteiger partial charge in [-0.25, -0.2) is 9.97 Å². The lowest BCUT2D eigenvalue weighted by atomic mass is 10.2. The van der Waals surface area contributed by atoms with Gasteiger partial charge in [-0.1, -0.05) is 29.8 Å². The molecule has 3 rings (SSSR count). The number of hydrogen-bond donors (Lipinski definition) is 1. The first-order chi connectivity index (χ1) is 12.2. The Labute approximate surface area is 151 Å². The summed E-state index contributed by atoms with van der Waals surface area (Å²) < 4.78 is 1.80. The molecule has 0 unspecified atom stereocenters. The Hall–Kier alpha value is -2.60. The van der Waals surface area contributed by atoms with Crippen molar-refractivity contribution in [3.63, 3.8) is 0 Å². The van der Waals surface area contributed by atoms with Crippen LogP contribution >= 0.6 is 11.8 Å². The molecular weight excluding hydrogens is 332 g/mol. The van der Waals surface area contributed by atoms with Crippen LogP contribution in [-0.4, -0.2) is 32.7 Å². The molecule has 5 nitrogen and oxygen atoms in total. The van der Waals surface area contributed by atoms with Crippen LogP contribution in [0.1, 0.15) is 21.5 Å². The number of hydrogen-bond acceptors (Lipinski definition) is 4. The minimum Gasteiger partial charge on any atom is -0.351 e. The van der Waals surface area contributed by atoms with E-state index in [0.717, 1.165) is 17.3 Å². The summed E-state index contributed by atoms with van der Waals surface area (Å²) in [6.07, 6.45) is 6.77. The van der Waals surface area contributed by atoms with Crippen LogP contribution in [0.4, 0.5) is 0 Å². The number of carbonyl (C=O) groups excluding carboxylic acids is 1. The largest absolute Gasteiger partial charge is 0.351 e. The van der Waals surface area contributed by atoms with Crippen LogP contribution in [0.3, 0.4) is 0 Å². The summed E-state index contributed by atoms with van der Waals surface area (Å²) in [6, 6.07) is 12.1. The number of carbonyl (C=O) groups is 1. The maximum atomic E-state index is 12.1. The molecule has 0 fully saturated rings. The fourth-order valence-corrected chi connectivity index (χ4v) is 3.10. The predicted octanol–water partition coefficient (Wildman–Crippen LogP) is 3.24. The fraction of sp³-hybridized carbons (Fsp3) is 0.211. The quantitative estimate of drug-likeness (QED) is 0.663. The highest BCUT2D eigenvalue weighted by atomic mass is 32.2. The Bertz CT molecular complexity index is 798. The van der Waals surface area contributed by atoms with Crippen molar-refractivity contribution in [1.82, 2.24) is 19.9 Å². The van der Waals surface area contributed by atoms with Crippen LogP contribution in [0.25, 0.3) is 5.82 Å². The highest BCUT2D eigenvalue weighted by Crippen LogP contribution is 2.12. The first-order valence-corrected chi connectivity index (χ1v) is 9.24. The van der Waals surface area contributed by atoms with Crippen LogP contribution < -0.4 is 5.32 Å². The Kier molecular flexibility index (Phi) is 5.85. The number of imidazole rings is 1. The minimum atomic E-state index is -0.0967. The molecule has 128 valence electrons.